The molecule has 0 aliphatic rings. The van der Waals surface area contributed by atoms with Crippen molar-refractivity contribution in [2.75, 3.05) is 13.2 Å². The molecule has 2 nitrogen and oxygen atoms in total. The van der Waals surface area contributed by atoms with Crippen LogP contribution < -0.4 is 0 Å². The first-order valence-electron chi connectivity index (χ1n) is 5.22. The Hall–Kier alpha value is -0.570. The van der Waals surface area contributed by atoms with Crippen molar-refractivity contribution in [2.45, 2.75) is 25.9 Å². The number of ether oxygens (including phenoxy) is 1. The Morgan fingerprint density at radius 1 is 1.47 bits per heavy atom. The lowest BCUT2D eigenvalue weighted by Crippen LogP contribution is -2.18. The molecular weight excluding hydrogens is 212 g/mol. The van der Waals surface area contributed by atoms with Crippen LogP contribution in [0, 0.1) is 0 Å². The molecule has 0 amide bonds. The van der Waals surface area contributed by atoms with E-state index in [2.05, 4.69) is 0 Å². The lowest BCUT2D eigenvalue weighted by atomic mass is 10.1. The third kappa shape index (κ3) is 5.17. The summed E-state index contributed by atoms with van der Waals surface area (Å²) >= 11 is 5.84. The Balaban J connectivity index is 2.34. The molecule has 1 atom stereocenters. The SMILES string of the molecule is CCCOCC(O)Cc1cccc(Cl)c1. The summed E-state index contributed by atoms with van der Waals surface area (Å²) in [5.74, 6) is 0. The van der Waals surface area contributed by atoms with Gasteiger partial charge < -0.3 is 9.84 Å². The molecular formula is C12H17ClO2. The van der Waals surface area contributed by atoms with Crippen LogP contribution in [0.1, 0.15) is 18.9 Å². The summed E-state index contributed by atoms with van der Waals surface area (Å²) in [5, 5.41) is 10.4. The van der Waals surface area contributed by atoms with Gasteiger partial charge in [0.05, 0.1) is 12.7 Å². The Morgan fingerprint density at radius 3 is 2.93 bits per heavy atom. The zero-order valence-corrected chi connectivity index (χ0v) is 9.70. The molecule has 0 fully saturated rings. The molecule has 0 aliphatic heterocycles. The van der Waals surface area contributed by atoms with Crippen LogP contribution >= 0.6 is 11.6 Å². The Kier molecular flexibility index (Phi) is 5.69. The van der Waals surface area contributed by atoms with Gasteiger partial charge >= 0.3 is 0 Å². The van der Waals surface area contributed by atoms with E-state index in [0.29, 0.717) is 24.7 Å². The minimum Gasteiger partial charge on any atom is -0.390 e. The predicted octanol–water partition coefficient (Wildman–Crippen LogP) is 2.67. The molecule has 0 saturated heterocycles. The smallest absolute Gasteiger partial charge is 0.0813 e. The topological polar surface area (TPSA) is 29.5 Å². The normalized spacial score (nSPS) is 12.7. The second-order valence-electron chi connectivity index (χ2n) is 3.56. The molecule has 84 valence electrons. The van der Waals surface area contributed by atoms with Crippen LogP contribution in [0.5, 0.6) is 0 Å². The van der Waals surface area contributed by atoms with Gasteiger partial charge in [-0.1, -0.05) is 30.7 Å². The van der Waals surface area contributed by atoms with E-state index in [0.717, 1.165) is 12.0 Å². The van der Waals surface area contributed by atoms with Gasteiger partial charge in [0.25, 0.3) is 0 Å². The summed E-state index contributed by atoms with van der Waals surface area (Å²) < 4.78 is 5.26. The van der Waals surface area contributed by atoms with E-state index in [4.69, 9.17) is 16.3 Å². The third-order valence-corrected chi connectivity index (χ3v) is 2.25. The van der Waals surface area contributed by atoms with Gasteiger partial charge in [0.2, 0.25) is 0 Å². The quantitative estimate of drug-likeness (QED) is 0.759. The van der Waals surface area contributed by atoms with Crippen LogP contribution in [-0.2, 0) is 11.2 Å². The summed E-state index contributed by atoms with van der Waals surface area (Å²) in [7, 11) is 0. The van der Waals surface area contributed by atoms with E-state index in [1.807, 2.05) is 31.2 Å². The summed E-state index contributed by atoms with van der Waals surface area (Å²) in [5.41, 5.74) is 1.04. The van der Waals surface area contributed by atoms with E-state index in [1.165, 1.54) is 0 Å². The standard InChI is InChI=1S/C12H17ClO2/c1-2-6-15-9-12(14)8-10-4-3-5-11(13)7-10/h3-5,7,12,14H,2,6,8-9H2,1H3. The van der Waals surface area contributed by atoms with E-state index >= 15 is 0 Å². The Morgan fingerprint density at radius 2 is 2.27 bits per heavy atom. The average Bonchev–Trinajstić information content (AvgIpc) is 2.18. The second kappa shape index (κ2) is 6.83. The van der Waals surface area contributed by atoms with Gasteiger partial charge in [-0.15, -0.1) is 0 Å². The lowest BCUT2D eigenvalue weighted by molar-refractivity contribution is 0.0374. The fourth-order valence-corrected chi connectivity index (χ4v) is 1.57. The zero-order chi connectivity index (χ0) is 11.1. The van der Waals surface area contributed by atoms with Crippen LogP contribution in [0.4, 0.5) is 0 Å². The second-order valence-corrected chi connectivity index (χ2v) is 4.00. The highest BCUT2D eigenvalue weighted by Crippen LogP contribution is 2.12. The first-order valence-corrected chi connectivity index (χ1v) is 5.60. The molecule has 0 aromatic heterocycles. The van der Waals surface area contributed by atoms with Gasteiger partial charge in [-0.3, -0.25) is 0 Å². The van der Waals surface area contributed by atoms with Crippen LogP contribution in [0.3, 0.4) is 0 Å². The van der Waals surface area contributed by atoms with E-state index in [-0.39, 0.29) is 0 Å². The number of hydrogen-bond donors (Lipinski definition) is 1. The highest BCUT2D eigenvalue weighted by molar-refractivity contribution is 6.30. The van der Waals surface area contributed by atoms with Gasteiger partial charge in [0, 0.05) is 18.1 Å². The molecule has 0 radical (unpaired) electrons. The fraction of sp³-hybridized carbons (Fsp3) is 0.500. The van der Waals surface area contributed by atoms with Crippen LogP contribution in [-0.4, -0.2) is 24.4 Å². The van der Waals surface area contributed by atoms with Crippen LogP contribution in [0.2, 0.25) is 5.02 Å². The lowest BCUT2D eigenvalue weighted by Gasteiger charge is -2.10. The minimum absolute atomic E-state index is 0.389. The van der Waals surface area contributed by atoms with Crippen molar-refractivity contribution in [3.05, 3.63) is 34.9 Å². The van der Waals surface area contributed by atoms with Crippen molar-refractivity contribution in [3.8, 4) is 0 Å². The van der Waals surface area contributed by atoms with E-state index < -0.39 is 6.10 Å². The van der Waals surface area contributed by atoms with E-state index in [9.17, 15) is 5.11 Å². The van der Waals surface area contributed by atoms with Crippen LogP contribution in [0.15, 0.2) is 24.3 Å². The van der Waals surface area contributed by atoms with Crippen molar-refractivity contribution in [1.82, 2.24) is 0 Å². The highest BCUT2D eigenvalue weighted by atomic mass is 35.5. The maximum atomic E-state index is 9.65. The number of aliphatic hydroxyl groups is 1. The molecule has 0 bridgehead atoms. The van der Waals surface area contributed by atoms with Gasteiger partial charge in [0.1, 0.15) is 0 Å². The number of benzene rings is 1. The molecule has 0 aliphatic carbocycles. The first kappa shape index (κ1) is 12.5. The van der Waals surface area contributed by atoms with Gasteiger partial charge in [-0.2, -0.15) is 0 Å². The summed E-state index contributed by atoms with van der Waals surface area (Å²) in [6.45, 7) is 3.14. The predicted molar refractivity (Wildman–Crippen MR) is 62.3 cm³/mol. The summed E-state index contributed by atoms with van der Waals surface area (Å²) in [6.07, 6.45) is 1.11. The molecule has 1 aromatic carbocycles. The molecule has 1 N–H and O–H groups in total. The fourth-order valence-electron chi connectivity index (χ4n) is 1.36. The van der Waals surface area contributed by atoms with Crippen molar-refractivity contribution < 1.29 is 9.84 Å². The van der Waals surface area contributed by atoms with E-state index in [1.54, 1.807) is 0 Å². The van der Waals surface area contributed by atoms with Gasteiger partial charge in [-0.05, 0) is 24.1 Å². The van der Waals surface area contributed by atoms with Crippen molar-refractivity contribution in [3.63, 3.8) is 0 Å². The monoisotopic (exact) mass is 228 g/mol. The van der Waals surface area contributed by atoms with Crippen molar-refractivity contribution >= 4 is 11.6 Å². The molecule has 0 heterocycles. The molecule has 1 aromatic rings. The van der Waals surface area contributed by atoms with Crippen LogP contribution in [0.25, 0.3) is 0 Å². The molecule has 3 heteroatoms. The number of rotatable bonds is 6. The highest BCUT2D eigenvalue weighted by Gasteiger charge is 2.05. The number of hydrogen-bond acceptors (Lipinski definition) is 2. The Labute approximate surface area is 95.8 Å². The van der Waals surface area contributed by atoms with Crippen molar-refractivity contribution in [1.29, 1.82) is 0 Å². The zero-order valence-electron chi connectivity index (χ0n) is 8.95. The first-order chi connectivity index (χ1) is 7.22. The Bertz CT molecular complexity index is 289. The summed E-state index contributed by atoms with van der Waals surface area (Å²) in [4.78, 5) is 0. The van der Waals surface area contributed by atoms with Gasteiger partial charge in [-0.25, -0.2) is 0 Å². The molecule has 1 unspecified atom stereocenters. The number of aliphatic hydroxyl groups excluding tert-OH is 1. The summed E-state index contributed by atoms with van der Waals surface area (Å²) in [6, 6.07) is 7.53. The third-order valence-electron chi connectivity index (χ3n) is 2.02. The van der Waals surface area contributed by atoms with Gasteiger partial charge in [0.15, 0.2) is 0 Å². The molecule has 0 saturated carbocycles. The number of halogens is 1. The average molecular weight is 229 g/mol. The maximum absolute atomic E-state index is 9.65. The molecule has 15 heavy (non-hydrogen) atoms. The molecule has 0 spiro atoms. The maximum Gasteiger partial charge on any atom is 0.0813 e. The van der Waals surface area contributed by atoms with Crippen molar-refractivity contribution in [2.24, 2.45) is 0 Å². The largest absolute Gasteiger partial charge is 0.390 e. The molecule has 1 rings (SSSR count). The minimum atomic E-state index is -0.449.